The van der Waals surface area contributed by atoms with Crippen LogP contribution in [0.1, 0.15) is 10.4 Å². The third-order valence-electron chi connectivity index (χ3n) is 5.66. The lowest BCUT2D eigenvalue weighted by atomic mass is 10.2. The number of halogens is 7. The molecular weight excluding hydrogens is 650 g/mol. The highest BCUT2D eigenvalue weighted by Gasteiger charge is 2.31. The molecule has 2 N–H and O–H groups in total. The monoisotopic (exact) mass is 666 g/mol. The Labute approximate surface area is 232 Å². The fourth-order valence-corrected chi connectivity index (χ4v) is 4.69. The van der Waals surface area contributed by atoms with Gasteiger partial charge in [-0.05, 0) is 77.3 Å². The maximum atomic E-state index is 14.2. The van der Waals surface area contributed by atoms with Gasteiger partial charge in [-0.2, -0.15) is 0 Å². The maximum Gasteiger partial charge on any atom is 0.257 e. The Balaban J connectivity index is 1.39. The minimum absolute atomic E-state index is 0.00331. The Kier molecular flexibility index (Phi) is 8.39. The normalized spacial score (nSPS) is 13.5. The van der Waals surface area contributed by atoms with Crippen LogP contribution < -0.4 is 20.4 Å². The highest BCUT2D eigenvalue weighted by atomic mass is 127. The van der Waals surface area contributed by atoms with E-state index in [9.17, 15) is 26.7 Å². The summed E-state index contributed by atoms with van der Waals surface area (Å²) in [6, 6.07) is 11.9. The molecule has 5 nitrogen and oxygen atoms in total. The van der Waals surface area contributed by atoms with E-state index in [-0.39, 0.29) is 37.2 Å². The van der Waals surface area contributed by atoms with Crippen molar-refractivity contribution < 1.29 is 26.7 Å². The van der Waals surface area contributed by atoms with Crippen LogP contribution in [0.5, 0.6) is 0 Å². The molecule has 4 rings (SSSR count). The van der Waals surface area contributed by atoms with Crippen molar-refractivity contribution in [2.24, 2.45) is 0 Å². The summed E-state index contributed by atoms with van der Waals surface area (Å²) in [6.45, 7) is 0.444. The fourth-order valence-electron chi connectivity index (χ4n) is 3.82. The van der Waals surface area contributed by atoms with Crippen molar-refractivity contribution in [1.82, 2.24) is 5.32 Å². The van der Waals surface area contributed by atoms with Gasteiger partial charge in [0, 0.05) is 41.0 Å². The number of carbonyl (C=O) groups excluding carboxylic acids is 1. The molecule has 0 aliphatic carbocycles. The molecule has 0 spiro atoms. The zero-order chi connectivity index (χ0) is 26.9. The van der Waals surface area contributed by atoms with Crippen molar-refractivity contribution in [3.05, 3.63) is 85.7 Å². The molecule has 0 bridgehead atoms. The van der Waals surface area contributed by atoms with Crippen LogP contribution in [0.2, 0.25) is 5.02 Å². The number of piperazine rings is 1. The van der Waals surface area contributed by atoms with Crippen molar-refractivity contribution in [1.29, 1.82) is 0 Å². The molecule has 1 aliphatic heterocycles. The quantitative estimate of drug-likeness (QED) is 0.116. The molecule has 3 aromatic rings. The van der Waals surface area contributed by atoms with E-state index in [1.807, 2.05) is 4.90 Å². The van der Waals surface area contributed by atoms with Gasteiger partial charge in [-0.25, -0.2) is 22.0 Å². The van der Waals surface area contributed by atoms with E-state index in [0.29, 0.717) is 22.0 Å². The van der Waals surface area contributed by atoms with Crippen molar-refractivity contribution in [3.63, 3.8) is 0 Å². The molecule has 1 saturated heterocycles. The van der Waals surface area contributed by atoms with Crippen LogP contribution in [-0.4, -0.2) is 37.2 Å². The van der Waals surface area contributed by atoms with Crippen molar-refractivity contribution in [2.45, 2.75) is 0 Å². The van der Waals surface area contributed by atoms with Gasteiger partial charge in [-0.3, -0.25) is 10.1 Å². The Bertz CT molecular complexity index is 1340. The Morgan fingerprint density at radius 3 is 1.95 bits per heavy atom. The van der Waals surface area contributed by atoms with Gasteiger partial charge < -0.3 is 15.1 Å². The summed E-state index contributed by atoms with van der Waals surface area (Å²) in [4.78, 5) is 15.3. The summed E-state index contributed by atoms with van der Waals surface area (Å²) in [5, 5.41) is 5.87. The third kappa shape index (κ3) is 5.91. The van der Waals surface area contributed by atoms with E-state index >= 15 is 0 Å². The number of carbonyl (C=O) groups is 1. The SMILES string of the molecule is O=C(NC(=S)Nc1ccc(N2CCN(c3c(F)c(F)c(F)c(F)c3F)CC2)c(Cl)c1)c1ccc(I)cc1. The molecular formula is C24H17ClF5IN4OS. The van der Waals surface area contributed by atoms with Gasteiger partial charge in [0.05, 0.1) is 10.7 Å². The zero-order valence-electron chi connectivity index (χ0n) is 18.7. The van der Waals surface area contributed by atoms with E-state index in [1.165, 1.54) is 0 Å². The number of rotatable bonds is 4. The maximum absolute atomic E-state index is 14.2. The lowest BCUT2D eigenvalue weighted by Crippen LogP contribution is -2.47. The zero-order valence-corrected chi connectivity index (χ0v) is 22.5. The van der Waals surface area contributed by atoms with Gasteiger partial charge >= 0.3 is 0 Å². The summed E-state index contributed by atoms with van der Waals surface area (Å²) in [5.74, 6) is -10.2. The topological polar surface area (TPSA) is 47.6 Å². The van der Waals surface area contributed by atoms with E-state index in [1.54, 1.807) is 42.5 Å². The number of benzene rings is 3. The summed E-state index contributed by atoms with van der Waals surface area (Å²) >= 11 is 13.8. The van der Waals surface area contributed by atoms with Crippen LogP contribution >= 0.6 is 46.4 Å². The predicted molar refractivity (Wildman–Crippen MR) is 145 cm³/mol. The summed E-state index contributed by atoms with van der Waals surface area (Å²) in [5.41, 5.74) is 0.630. The van der Waals surface area contributed by atoms with Crippen molar-refractivity contribution in [2.75, 3.05) is 41.3 Å². The van der Waals surface area contributed by atoms with E-state index in [4.69, 9.17) is 23.8 Å². The second-order valence-electron chi connectivity index (χ2n) is 7.97. The molecule has 1 heterocycles. The van der Waals surface area contributed by atoms with Gasteiger partial charge in [0.1, 0.15) is 5.69 Å². The van der Waals surface area contributed by atoms with Gasteiger partial charge in [-0.15, -0.1) is 0 Å². The number of nitrogens with one attached hydrogen (secondary N) is 2. The minimum atomic E-state index is -2.19. The summed E-state index contributed by atoms with van der Waals surface area (Å²) in [7, 11) is 0. The molecule has 0 radical (unpaired) electrons. The Morgan fingerprint density at radius 1 is 0.838 bits per heavy atom. The van der Waals surface area contributed by atoms with Crippen LogP contribution in [0.3, 0.4) is 0 Å². The first kappa shape index (κ1) is 27.3. The molecule has 0 atom stereocenters. The second-order valence-corrected chi connectivity index (χ2v) is 10.0. The molecule has 37 heavy (non-hydrogen) atoms. The number of hydrogen-bond acceptors (Lipinski definition) is 4. The number of nitrogens with zero attached hydrogens (tertiary/aromatic N) is 2. The van der Waals surface area contributed by atoms with Crippen molar-refractivity contribution in [3.8, 4) is 0 Å². The van der Waals surface area contributed by atoms with Gasteiger partial charge in [0.25, 0.3) is 5.91 Å². The molecule has 0 aromatic heterocycles. The first-order valence-electron chi connectivity index (χ1n) is 10.8. The van der Waals surface area contributed by atoms with E-state index in [2.05, 4.69) is 33.2 Å². The average Bonchev–Trinajstić information content (AvgIpc) is 2.87. The van der Waals surface area contributed by atoms with E-state index < -0.39 is 34.8 Å². The lowest BCUT2D eigenvalue weighted by Gasteiger charge is -2.38. The van der Waals surface area contributed by atoms with Gasteiger partial charge in [-0.1, -0.05) is 11.6 Å². The number of thiocarbonyl (C=S) groups is 1. The van der Waals surface area contributed by atoms with Crippen LogP contribution in [0, 0.1) is 32.7 Å². The number of amides is 1. The second kappa shape index (κ2) is 11.4. The summed E-state index contributed by atoms with van der Waals surface area (Å²) < 4.78 is 69.9. The lowest BCUT2D eigenvalue weighted by molar-refractivity contribution is 0.0977. The molecule has 1 amide bonds. The number of anilines is 3. The molecule has 3 aromatic carbocycles. The Hall–Kier alpha value is -2.71. The third-order valence-corrected chi connectivity index (χ3v) is 6.89. The minimum Gasteiger partial charge on any atom is -0.367 e. The average molecular weight is 667 g/mol. The fraction of sp³-hybridized carbons (Fsp3) is 0.167. The van der Waals surface area contributed by atoms with Crippen LogP contribution in [-0.2, 0) is 0 Å². The van der Waals surface area contributed by atoms with Crippen molar-refractivity contribution >= 4 is 74.5 Å². The first-order chi connectivity index (χ1) is 17.6. The molecule has 0 saturated carbocycles. The van der Waals surface area contributed by atoms with Crippen LogP contribution in [0.25, 0.3) is 0 Å². The molecule has 1 fully saturated rings. The Morgan fingerprint density at radius 2 is 1.38 bits per heavy atom. The highest BCUT2D eigenvalue weighted by molar-refractivity contribution is 14.1. The standard InChI is InChI=1S/C24H17ClF5IN4OS/c25-15-11-14(32-24(37)33-23(36)12-1-3-13(31)4-2-12)5-6-16(15)34-7-9-35(10-8-34)22-20(29)18(27)17(26)19(28)21(22)30/h1-6,11H,7-10H2,(H2,32,33,36,37). The van der Waals surface area contributed by atoms with Gasteiger partial charge in [0.15, 0.2) is 28.4 Å². The molecule has 13 heteroatoms. The van der Waals surface area contributed by atoms with E-state index in [0.717, 1.165) is 8.47 Å². The highest BCUT2D eigenvalue weighted by Crippen LogP contribution is 2.33. The molecule has 1 aliphatic rings. The van der Waals surface area contributed by atoms with Crippen LogP contribution in [0.4, 0.5) is 39.0 Å². The largest absolute Gasteiger partial charge is 0.367 e. The molecule has 0 unspecified atom stereocenters. The number of hydrogen-bond donors (Lipinski definition) is 2. The van der Waals surface area contributed by atoms with Gasteiger partial charge in [0.2, 0.25) is 5.82 Å². The summed E-state index contributed by atoms with van der Waals surface area (Å²) in [6.07, 6.45) is 0. The first-order valence-corrected chi connectivity index (χ1v) is 12.6. The molecule has 194 valence electrons. The smallest absolute Gasteiger partial charge is 0.257 e. The predicted octanol–water partition coefficient (Wildman–Crippen LogP) is 6.09. The van der Waals surface area contributed by atoms with Crippen LogP contribution in [0.15, 0.2) is 42.5 Å².